The second-order valence-corrected chi connectivity index (χ2v) is 4.13. The minimum Gasteiger partial charge on any atom is -0.343 e. The molecule has 1 aromatic carbocycles. The molecule has 0 fully saturated rings. The van der Waals surface area contributed by atoms with Crippen molar-refractivity contribution in [1.29, 1.82) is 0 Å². The smallest absolute Gasteiger partial charge is 0.269 e. The molecular formula is C12H14N4O3. The van der Waals surface area contributed by atoms with Crippen LogP contribution in [0.1, 0.15) is 24.4 Å². The maximum atomic E-state index is 10.7. The van der Waals surface area contributed by atoms with Gasteiger partial charge in [-0.1, -0.05) is 17.3 Å². The van der Waals surface area contributed by atoms with Crippen molar-refractivity contribution in [2.45, 2.75) is 19.4 Å². The summed E-state index contributed by atoms with van der Waals surface area (Å²) in [4.78, 5) is 14.2. The molecular weight excluding hydrogens is 248 g/mol. The van der Waals surface area contributed by atoms with Gasteiger partial charge in [0, 0.05) is 31.1 Å². The molecule has 1 unspecified atom stereocenters. The van der Waals surface area contributed by atoms with E-state index in [1.807, 2.05) is 13.0 Å². The highest BCUT2D eigenvalue weighted by atomic mass is 16.6. The molecule has 100 valence electrons. The number of hydrogen-bond donors (Lipinski definition) is 1. The van der Waals surface area contributed by atoms with Gasteiger partial charge in [-0.3, -0.25) is 10.1 Å². The first kappa shape index (κ1) is 13.2. The van der Waals surface area contributed by atoms with Crippen molar-refractivity contribution in [3.63, 3.8) is 0 Å². The number of nitro groups is 1. The predicted octanol–water partition coefficient (Wildman–Crippen LogP) is 1.87. The topological polar surface area (TPSA) is 94.1 Å². The number of non-ortho nitro benzene ring substituents is 1. The molecule has 2 rings (SSSR count). The van der Waals surface area contributed by atoms with E-state index < -0.39 is 4.92 Å². The maximum absolute atomic E-state index is 10.7. The summed E-state index contributed by atoms with van der Waals surface area (Å²) in [5.74, 6) is 0.638. The number of hydrogen-bond acceptors (Lipinski definition) is 6. The zero-order valence-corrected chi connectivity index (χ0v) is 10.4. The third-order valence-electron chi connectivity index (χ3n) is 2.79. The van der Waals surface area contributed by atoms with Gasteiger partial charge in [-0.2, -0.15) is 4.98 Å². The molecule has 0 spiro atoms. The van der Waals surface area contributed by atoms with Crippen LogP contribution >= 0.6 is 0 Å². The largest absolute Gasteiger partial charge is 0.343 e. The Morgan fingerprint density at radius 1 is 1.53 bits per heavy atom. The summed E-state index contributed by atoms with van der Waals surface area (Å²) in [6, 6.07) is 6.62. The Labute approximate surface area is 109 Å². The molecule has 19 heavy (non-hydrogen) atoms. The van der Waals surface area contributed by atoms with E-state index in [2.05, 4.69) is 20.0 Å². The third kappa shape index (κ3) is 3.59. The third-order valence-corrected chi connectivity index (χ3v) is 2.79. The predicted molar refractivity (Wildman–Crippen MR) is 67.5 cm³/mol. The molecule has 0 amide bonds. The summed E-state index contributed by atoms with van der Waals surface area (Å²) in [5.41, 5.74) is 0.978. The summed E-state index contributed by atoms with van der Waals surface area (Å²) < 4.78 is 4.63. The van der Waals surface area contributed by atoms with Crippen molar-refractivity contribution in [3.05, 3.63) is 52.2 Å². The van der Waals surface area contributed by atoms with Crippen molar-refractivity contribution in [2.24, 2.45) is 0 Å². The standard InChI is InChI=1S/C12H14N4O3/c1-9(13-6-5-12-14-8-19-15-12)10-3-2-4-11(7-10)16(17)18/h2-4,7-9,13H,5-6H2,1H3. The zero-order valence-electron chi connectivity index (χ0n) is 10.4. The van der Waals surface area contributed by atoms with Crippen LogP contribution in [-0.2, 0) is 6.42 Å². The molecule has 0 radical (unpaired) electrons. The lowest BCUT2D eigenvalue weighted by molar-refractivity contribution is -0.384. The van der Waals surface area contributed by atoms with E-state index >= 15 is 0 Å². The van der Waals surface area contributed by atoms with Crippen LogP contribution in [0.4, 0.5) is 5.69 Å². The molecule has 1 aromatic heterocycles. The van der Waals surface area contributed by atoms with Crippen LogP contribution in [0.15, 0.2) is 35.2 Å². The first-order valence-electron chi connectivity index (χ1n) is 5.90. The molecule has 7 nitrogen and oxygen atoms in total. The van der Waals surface area contributed by atoms with E-state index in [1.165, 1.54) is 12.5 Å². The van der Waals surface area contributed by atoms with Crippen LogP contribution in [0, 0.1) is 10.1 Å². The quantitative estimate of drug-likeness (QED) is 0.630. The Bertz CT molecular complexity index is 542. The molecule has 1 atom stereocenters. The lowest BCUT2D eigenvalue weighted by atomic mass is 10.1. The Kier molecular flexibility index (Phi) is 4.19. The summed E-state index contributed by atoms with van der Waals surface area (Å²) in [7, 11) is 0. The fourth-order valence-corrected chi connectivity index (χ4v) is 1.73. The van der Waals surface area contributed by atoms with Crippen LogP contribution in [0.3, 0.4) is 0 Å². The van der Waals surface area contributed by atoms with E-state index in [4.69, 9.17) is 0 Å². The minimum absolute atomic E-state index is 0.0202. The van der Waals surface area contributed by atoms with Crippen LogP contribution in [-0.4, -0.2) is 21.6 Å². The number of nitrogens with one attached hydrogen (secondary N) is 1. The number of nitrogens with zero attached hydrogens (tertiary/aromatic N) is 3. The zero-order chi connectivity index (χ0) is 13.7. The average molecular weight is 262 g/mol. The first-order valence-corrected chi connectivity index (χ1v) is 5.90. The van der Waals surface area contributed by atoms with Crippen LogP contribution < -0.4 is 5.32 Å². The van der Waals surface area contributed by atoms with Gasteiger partial charge in [0.15, 0.2) is 5.82 Å². The SMILES string of the molecule is CC(NCCc1ncon1)c1cccc([N+](=O)[O-])c1. The Morgan fingerprint density at radius 2 is 2.37 bits per heavy atom. The van der Waals surface area contributed by atoms with Crippen LogP contribution in [0.2, 0.25) is 0 Å². The van der Waals surface area contributed by atoms with Crippen molar-refractivity contribution in [3.8, 4) is 0 Å². The van der Waals surface area contributed by atoms with Crippen molar-refractivity contribution >= 4 is 5.69 Å². The summed E-state index contributed by atoms with van der Waals surface area (Å²) in [6.07, 6.45) is 1.94. The van der Waals surface area contributed by atoms with Gasteiger partial charge in [0.05, 0.1) is 4.92 Å². The Balaban J connectivity index is 1.90. The molecule has 7 heteroatoms. The van der Waals surface area contributed by atoms with Gasteiger partial charge in [0.1, 0.15) is 0 Å². The molecule has 0 aliphatic heterocycles. The molecule has 0 saturated carbocycles. The van der Waals surface area contributed by atoms with Gasteiger partial charge in [0.25, 0.3) is 5.69 Å². The van der Waals surface area contributed by atoms with Crippen LogP contribution in [0.25, 0.3) is 0 Å². The normalized spacial score (nSPS) is 12.3. The monoisotopic (exact) mass is 262 g/mol. The number of nitro benzene ring substituents is 1. The van der Waals surface area contributed by atoms with E-state index in [1.54, 1.807) is 12.1 Å². The Morgan fingerprint density at radius 3 is 3.05 bits per heavy atom. The van der Waals surface area contributed by atoms with Gasteiger partial charge in [-0.15, -0.1) is 0 Å². The van der Waals surface area contributed by atoms with Crippen molar-refractivity contribution in [2.75, 3.05) is 6.54 Å². The lowest BCUT2D eigenvalue weighted by Crippen LogP contribution is -2.21. The van der Waals surface area contributed by atoms with E-state index in [9.17, 15) is 10.1 Å². The fourth-order valence-electron chi connectivity index (χ4n) is 1.73. The van der Waals surface area contributed by atoms with Crippen molar-refractivity contribution < 1.29 is 9.45 Å². The lowest BCUT2D eigenvalue weighted by Gasteiger charge is -2.13. The van der Waals surface area contributed by atoms with Gasteiger partial charge < -0.3 is 9.84 Å². The number of benzene rings is 1. The Hall–Kier alpha value is -2.28. The highest BCUT2D eigenvalue weighted by molar-refractivity contribution is 5.35. The second-order valence-electron chi connectivity index (χ2n) is 4.13. The first-order chi connectivity index (χ1) is 9.16. The molecule has 0 saturated heterocycles. The van der Waals surface area contributed by atoms with Gasteiger partial charge in [-0.25, -0.2) is 0 Å². The van der Waals surface area contributed by atoms with Gasteiger partial charge in [-0.05, 0) is 12.5 Å². The molecule has 1 heterocycles. The molecule has 0 aliphatic rings. The van der Waals surface area contributed by atoms with E-state index in [0.29, 0.717) is 18.8 Å². The minimum atomic E-state index is -0.393. The van der Waals surface area contributed by atoms with Gasteiger partial charge in [0.2, 0.25) is 6.39 Å². The number of aromatic nitrogens is 2. The molecule has 2 aromatic rings. The number of rotatable bonds is 6. The molecule has 0 bridgehead atoms. The second kappa shape index (κ2) is 6.05. The molecule has 1 N–H and O–H groups in total. The van der Waals surface area contributed by atoms with E-state index in [0.717, 1.165) is 5.56 Å². The fraction of sp³-hybridized carbons (Fsp3) is 0.333. The van der Waals surface area contributed by atoms with Crippen LogP contribution in [0.5, 0.6) is 0 Å². The van der Waals surface area contributed by atoms with E-state index in [-0.39, 0.29) is 11.7 Å². The summed E-state index contributed by atoms with van der Waals surface area (Å²) in [5, 5.41) is 17.7. The maximum Gasteiger partial charge on any atom is 0.269 e. The highest BCUT2D eigenvalue weighted by Gasteiger charge is 2.10. The van der Waals surface area contributed by atoms with Crippen molar-refractivity contribution in [1.82, 2.24) is 15.5 Å². The summed E-state index contributed by atoms with van der Waals surface area (Å²) in [6.45, 7) is 2.62. The summed E-state index contributed by atoms with van der Waals surface area (Å²) >= 11 is 0. The average Bonchev–Trinajstić information content (AvgIpc) is 2.92. The van der Waals surface area contributed by atoms with Gasteiger partial charge >= 0.3 is 0 Å². The highest BCUT2D eigenvalue weighted by Crippen LogP contribution is 2.18. The molecule has 0 aliphatic carbocycles.